The predicted octanol–water partition coefficient (Wildman–Crippen LogP) is 2.76. The molecule has 0 spiro atoms. The zero-order valence-electron chi connectivity index (χ0n) is 9.55. The van der Waals surface area contributed by atoms with Gasteiger partial charge in [0.2, 0.25) is 0 Å². The molecule has 2 heteroatoms. The molecular weight excluding hydrogens is 186 g/mol. The lowest BCUT2D eigenvalue weighted by atomic mass is 9.99. The van der Waals surface area contributed by atoms with E-state index in [1.54, 1.807) is 0 Å². The first-order chi connectivity index (χ1) is 7.19. The zero-order valence-corrected chi connectivity index (χ0v) is 9.55. The van der Waals surface area contributed by atoms with Crippen LogP contribution in [-0.4, -0.2) is 13.2 Å². The molecule has 82 valence electrons. The summed E-state index contributed by atoms with van der Waals surface area (Å²) in [7, 11) is 0. The Morgan fingerprint density at radius 2 is 2.20 bits per heavy atom. The molecule has 1 aromatic rings. The van der Waals surface area contributed by atoms with Crippen molar-refractivity contribution in [3.05, 3.63) is 35.9 Å². The molecule has 0 aliphatic rings. The predicted molar refractivity (Wildman–Crippen MR) is 65.1 cm³/mol. The van der Waals surface area contributed by atoms with Crippen LogP contribution in [-0.2, 0) is 0 Å². The minimum Gasteiger partial charge on any atom is -0.494 e. The van der Waals surface area contributed by atoms with Crippen molar-refractivity contribution in [3.8, 4) is 5.75 Å². The zero-order chi connectivity index (χ0) is 11.3. The lowest BCUT2D eigenvalue weighted by molar-refractivity contribution is 0.340. The largest absolute Gasteiger partial charge is 0.494 e. The average molecular weight is 205 g/mol. The van der Waals surface area contributed by atoms with E-state index in [4.69, 9.17) is 10.5 Å². The van der Waals surface area contributed by atoms with Gasteiger partial charge in [-0.2, -0.15) is 0 Å². The Morgan fingerprint density at radius 1 is 1.47 bits per heavy atom. The van der Waals surface area contributed by atoms with Crippen LogP contribution in [0.5, 0.6) is 5.75 Å². The number of hydrogen-bond acceptors (Lipinski definition) is 2. The van der Waals surface area contributed by atoms with Crippen molar-refractivity contribution < 1.29 is 4.74 Å². The molecule has 0 atom stereocenters. The van der Waals surface area contributed by atoms with Crippen molar-refractivity contribution >= 4 is 5.57 Å². The van der Waals surface area contributed by atoms with E-state index >= 15 is 0 Å². The van der Waals surface area contributed by atoms with Crippen LogP contribution in [0.15, 0.2) is 24.8 Å². The average Bonchev–Trinajstić information content (AvgIpc) is 2.18. The summed E-state index contributed by atoms with van der Waals surface area (Å²) < 4.78 is 5.43. The molecule has 1 rings (SSSR count). The van der Waals surface area contributed by atoms with Crippen molar-refractivity contribution in [2.75, 3.05) is 13.2 Å². The van der Waals surface area contributed by atoms with Crippen molar-refractivity contribution in [3.63, 3.8) is 0 Å². The van der Waals surface area contributed by atoms with E-state index < -0.39 is 0 Å². The third kappa shape index (κ3) is 3.10. The van der Waals surface area contributed by atoms with Crippen LogP contribution < -0.4 is 10.5 Å². The van der Waals surface area contributed by atoms with E-state index in [2.05, 4.69) is 19.6 Å². The minimum atomic E-state index is 0.644. The summed E-state index contributed by atoms with van der Waals surface area (Å²) in [6.07, 6.45) is 0.842. The molecule has 0 amide bonds. The summed E-state index contributed by atoms with van der Waals surface area (Å²) in [6, 6.07) is 6.08. The fourth-order valence-electron chi connectivity index (χ4n) is 1.60. The molecule has 15 heavy (non-hydrogen) atoms. The fraction of sp³-hybridized carbons (Fsp3) is 0.385. The minimum absolute atomic E-state index is 0.644. The highest BCUT2D eigenvalue weighted by atomic mass is 16.5. The molecule has 0 unspecified atom stereocenters. The highest BCUT2D eigenvalue weighted by molar-refractivity contribution is 5.67. The van der Waals surface area contributed by atoms with Gasteiger partial charge in [0.1, 0.15) is 5.75 Å². The summed E-state index contributed by atoms with van der Waals surface area (Å²) >= 11 is 0. The second-order valence-corrected chi connectivity index (χ2v) is 3.55. The monoisotopic (exact) mass is 205 g/mol. The van der Waals surface area contributed by atoms with E-state index in [-0.39, 0.29) is 0 Å². The Bertz CT molecular complexity index is 344. The summed E-state index contributed by atoms with van der Waals surface area (Å²) in [6.45, 7) is 9.42. The molecule has 0 saturated carbocycles. The topological polar surface area (TPSA) is 35.2 Å². The molecule has 0 aliphatic carbocycles. The van der Waals surface area contributed by atoms with Gasteiger partial charge in [0.25, 0.3) is 0 Å². The molecule has 0 aliphatic heterocycles. The first-order valence-corrected chi connectivity index (χ1v) is 5.30. The van der Waals surface area contributed by atoms with Gasteiger partial charge in [-0.1, -0.05) is 12.6 Å². The Hall–Kier alpha value is -1.28. The highest BCUT2D eigenvalue weighted by Gasteiger charge is 2.03. The lowest BCUT2D eigenvalue weighted by Gasteiger charge is -2.10. The van der Waals surface area contributed by atoms with E-state index in [0.29, 0.717) is 13.2 Å². The van der Waals surface area contributed by atoms with Gasteiger partial charge in [0.15, 0.2) is 0 Å². The number of benzene rings is 1. The van der Waals surface area contributed by atoms with Gasteiger partial charge in [-0.3, -0.25) is 0 Å². The second-order valence-electron chi connectivity index (χ2n) is 3.55. The molecule has 2 N–H and O–H groups in total. The van der Waals surface area contributed by atoms with Crippen molar-refractivity contribution in [1.29, 1.82) is 0 Å². The Balaban J connectivity index is 2.87. The van der Waals surface area contributed by atoms with Crippen molar-refractivity contribution in [2.45, 2.75) is 20.3 Å². The van der Waals surface area contributed by atoms with Gasteiger partial charge >= 0.3 is 0 Å². The maximum Gasteiger partial charge on any atom is 0.119 e. The third-order valence-electron chi connectivity index (χ3n) is 2.34. The molecule has 0 aromatic heterocycles. The standard InChI is InChI=1S/C13H19NO/c1-4-15-12-5-6-13(11(3)9-12)10(2)7-8-14/h5-6,9H,2,4,7-8,14H2,1,3H3. The first-order valence-electron chi connectivity index (χ1n) is 5.30. The smallest absolute Gasteiger partial charge is 0.119 e. The van der Waals surface area contributed by atoms with Gasteiger partial charge in [-0.15, -0.1) is 0 Å². The van der Waals surface area contributed by atoms with Crippen LogP contribution >= 0.6 is 0 Å². The van der Waals surface area contributed by atoms with E-state index in [1.807, 2.05) is 19.1 Å². The third-order valence-corrected chi connectivity index (χ3v) is 2.34. The molecule has 0 bridgehead atoms. The van der Waals surface area contributed by atoms with Crippen LogP contribution in [0.4, 0.5) is 0 Å². The summed E-state index contributed by atoms with van der Waals surface area (Å²) in [5, 5.41) is 0. The summed E-state index contributed by atoms with van der Waals surface area (Å²) in [5.41, 5.74) is 8.98. The number of rotatable bonds is 5. The van der Waals surface area contributed by atoms with Crippen molar-refractivity contribution in [1.82, 2.24) is 0 Å². The number of hydrogen-bond donors (Lipinski definition) is 1. The Morgan fingerprint density at radius 3 is 2.73 bits per heavy atom. The lowest BCUT2D eigenvalue weighted by Crippen LogP contribution is -2.00. The maximum atomic E-state index is 5.51. The van der Waals surface area contributed by atoms with Crippen LogP contribution in [0.1, 0.15) is 24.5 Å². The number of aryl methyl sites for hydroxylation is 1. The van der Waals surface area contributed by atoms with E-state index in [9.17, 15) is 0 Å². The van der Waals surface area contributed by atoms with Gasteiger partial charge in [0, 0.05) is 0 Å². The quantitative estimate of drug-likeness (QED) is 0.802. The molecule has 0 heterocycles. The van der Waals surface area contributed by atoms with Gasteiger partial charge in [0.05, 0.1) is 6.61 Å². The second kappa shape index (κ2) is 5.56. The number of ether oxygens (including phenoxy) is 1. The molecule has 0 radical (unpaired) electrons. The first kappa shape index (κ1) is 11.8. The van der Waals surface area contributed by atoms with E-state index in [0.717, 1.165) is 17.7 Å². The van der Waals surface area contributed by atoms with Crippen LogP contribution in [0, 0.1) is 6.92 Å². The van der Waals surface area contributed by atoms with Crippen molar-refractivity contribution in [2.24, 2.45) is 5.73 Å². The normalized spacial score (nSPS) is 10.1. The van der Waals surface area contributed by atoms with Crippen LogP contribution in [0.3, 0.4) is 0 Å². The maximum absolute atomic E-state index is 5.51. The fourth-order valence-corrected chi connectivity index (χ4v) is 1.60. The van der Waals surface area contributed by atoms with Crippen LogP contribution in [0.25, 0.3) is 5.57 Å². The Kier molecular flexibility index (Phi) is 4.37. The van der Waals surface area contributed by atoms with E-state index in [1.165, 1.54) is 11.1 Å². The van der Waals surface area contributed by atoms with Crippen LogP contribution in [0.2, 0.25) is 0 Å². The van der Waals surface area contributed by atoms with Gasteiger partial charge in [-0.25, -0.2) is 0 Å². The van der Waals surface area contributed by atoms with Gasteiger partial charge in [-0.05, 0) is 55.6 Å². The van der Waals surface area contributed by atoms with Gasteiger partial charge < -0.3 is 10.5 Å². The molecule has 1 aromatic carbocycles. The summed E-state index contributed by atoms with van der Waals surface area (Å²) in [5.74, 6) is 0.916. The molecule has 0 fully saturated rings. The highest BCUT2D eigenvalue weighted by Crippen LogP contribution is 2.24. The Labute approximate surface area is 91.7 Å². The SMILES string of the molecule is C=C(CCN)c1ccc(OCC)cc1C. The molecule has 2 nitrogen and oxygen atoms in total. The molecule has 0 saturated heterocycles. The number of nitrogens with two attached hydrogens (primary N) is 1. The molecular formula is C13H19NO. The summed E-state index contributed by atoms with van der Waals surface area (Å²) in [4.78, 5) is 0.